The molecule has 2 aromatic rings. The summed E-state index contributed by atoms with van der Waals surface area (Å²) in [7, 11) is 0. The molecular weight excluding hydrogens is 232 g/mol. The second-order valence-corrected chi connectivity index (χ2v) is 5.42. The van der Waals surface area contributed by atoms with Crippen LogP contribution in [0.2, 0.25) is 0 Å². The van der Waals surface area contributed by atoms with Crippen LogP contribution in [-0.4, -0.2) is 0 Å². The Morgan fingerprint density at radius 1 is 1.16 bits per heavy atom. The molecule has 0 spiro atoms. The van der Waals surface area contributed by atoms with Gasteiger partial charge in [0.25, 0.3) is 0 Å². The average Bonchev–Trinajstić information content (AvgIpc) is 2.80. The van der Waals surface area contributed by atoms with E-state index in [1.165, 1.54) is 28.7 Å². The van der Waals surface area contributed by atoms with Gasteiger partial charge in [0.1, 0.15) is 0 Å². The van der Waals surface area contributed by atoms with Crippen molar-refractivity contribution >= 4 is 5.69 Å². The molecule has 0 bridgehead atoms. The first-order valence-corrected chi connectivity index (χ1v) is 6.89. The maximum Gasteiger partial charge on any atom is 0.0329 e. The maximum atomic E-state index is 5.84. The third-order valence-corrected chi connectivity index (χ3v) is 3.92. The molecule has 0 aliphatic heterocycles. The van der Waals surface area contributed by atoms with Gasteiger partial charge in [0, 0.05) is 18.3 Å². The van der Waals surface area contributed by atoms with E-state index in [2.05, 4.69) is 48.6 Å². The molecule has 0 heterocycles. The second-order valence-electron chi connectivity index (χ2n) is 5.42. The summed E-state index contributed by atoms with van der Waals surface area (Å²) in [6, 6.07) is 15.5. The zero-order valence-corrected chi connectivity index (χ0v) is 11.3. The van der Waals surface area contributed by atoms with Gasteiger partial charge in [0.05, 0.1) is 0 Å². The van der Waals surface area contributed by atoms with Crippen molar-refractivity contribution in [3.05, 3.63) is 64.7 Å². The molecule has 0 fully saturated rings. The summed E-state index contributed by atoms with van der Waals surface area (Å²) in [4.78, 5) is 0. The van der Waals surface area contributed by atoms with Crippen LogP contribution >= 0.6 is 0 Å². The van der Waals surface area contributed by atoms with Crippen molar-refractivity contribution in [2.75, 3.05) is 5.73 Å². The molecule has 2 nitrogen and oxygen atoms in total. The lowest BCUT2D eigenvalue weighted by molar-refractivity contribution is 0.530. The monoisotopic (exact) mass is 252 g/mol. The van der Waals surface area contributed by atoms with Crippen LogP contribution in [0.3, 0.4) is 0 Å². The van der Waals surface area contributed by atoms with Crippen LogP contribution in [0.1, 0.15) is 34.7 Å². The molecule has 1 unspecified atom stereocenters. The minimum Gasteiger partial charge on any atom is -0.399 e. The molecule has 19 heavy (non-hydrogen) atoms. The standard InChI is InChI=1S/C17H20N2/c1-12-2-4-13(5-3-12)11-19-17-9-6-14-10-15(18)7-8-16(14)17/h2-5,7-8,10,17,19H,6,9,11,18H2,1H3. The van der Waals surface area contributed by atoms with Gasteiger partial charge in [0.2, 0.25) is 0 Å². The van der Waals surface area contributed by atoms with Crippen molar-refractivity contribution < 1.29 is 0 Å². The van der Waals surface area contributed by atoms with E-state index in [1.54, 1.807) is 0 Å². The van der Waals surface area contributed by atoms with E-state index < -0.39 is 0 Å². The molecule has 0 radical (unpaired) electrons. The summed E-state index contributed by atoms with van der Waals surface area (Å²) in [5.74, 6) is 0. The number of aryl methyl sites for hydroxylation is 2. The summed E-state index contributed by atoms with van der Waals surface area (Å²) >= 11 is 0. The van der Waals surface area contributed by atoms with Crippen molar-refractivity contribution in [2.45, 2.75) is 32.4 Å². The molecule has 1 atom stereocenters. The molecule has 0 aromatic heterocycles. The van der Waals surface area contributed by atoms with E-state index >= 15 is 0 Å². The lowest BCUT2D eigenvalue weighted by Crippen LogP contribution is -2.18. The SMILES string of the molecule is Cc1ccc(CNC2CCc3cc(N)ccc32)cc1. The Hall–Kier alpha value is -1.80. The summed E-state index contributed by atoms with van der Waals surface area (Å²) in [5.41, 5.74) is 12.2. The Kier molecular flexibility index (Phi) is 3.26. The summed E-state index contributed by atoms with van der Waals surface area (Å²) in [6.45, 7) is 3.05. The van der Waals surface area contributed by atoms with Crippen LogP contribution in [0.4, 0.5) is 5.69 Å². The molecule has 3 rings (SSSR count). The highest BCUT2D eigenvalue weighted by atomic mass is 14.9. The Balaban J connectivity index is 1.68. The van der Waals surface area contributed by atoms with Crippen molar-refractivity contribution in [1.29, 1.82) is 0 Å². The van der Waals surface area contributed by atoms with Crippen molar-refractivity contribution in [3.8, 4) is 0 Å². The summed E-state index contributed by atoms with van der Waals surface area (Å²) in [6.07, 6.45) is 2.30. The van der Waals surface area contributed by atoms with E-state index in [4.69, 9.17) is 5.73 Å². The summed E-state index contributed by atoms with van der Waals surface area (Å²) in [5, 5.41) is 3.65. The van der Waals surface area contributed by atoms with Gasteiger partial charge in [-0.15, -0.1) is 0 Å². The van der Waals surface area contributed by atoms with Crippen molar-refractivity contribution in [3.63, 3.8) is 0 Å². The van der Waals surface area contributed by atoms with E-state index in [-0.39, 0.29) is 0 Å². The van der Waals surface area contributed by atoms with Gasteiger partial charge in [-0.3, -0.25) is 0 Å². The molecule has 98 valence electrons. The highest BCUT2D eigenvalue weighted by Crippen LogP contribution is 2.32. The van der Waals surface area contributed by atoms with Crippen molar-refractivity contribution in [2.24, 2.45) is 0 Å². The Morgan fingerprint density at radius 2 is 1.95 bits per heavy atom. The number of hydrogen-bond acceptors (Lipinski definition) is 2. The molecule has 1 aliphatic carbocycles. The van der Waals surface area contributed by atoms with E-state index in [0.29, 0.717) is 6.04 Å². The molecule has 1 aliphatic rings. The number of nitrogen functional groups attached to an aromatic ring is 1. The quantitative estimate of drug-likeness (QED) is 0.822. The predicted molar refractivity (Wildman–Crippen MR) is 79.9 cm³/mol. The number of hydrogen-bond donors (Lipinski definition) is 2. The van der Waals surface area contributed by atoms with Crippen LogP contribution in [0.5, 0.6) is 0 Å². The maximum absolute atomic E-state index is 5.84. The third kappa shape index (κ3) is 2.64. The van der Waals surface area contributed by atoms with Gasteiger partial charge < -0.3 is 11.1 Å². The fourth-order valence-corrected chi connectivity index (χ4v) is 2.80. The highest BCUT2D eigenvalue weighted by molar-refractivity contribution is 5.47. The van der Waals surface area contributed by atoms with Crippen LogP contribution in [0.25, 0.3) is 0 Å². The number of rotatable bonds is 3. The number of anilines is 1. The molecule has 3 N–H and O–H groups in total. The van der Waals surface area contributed by atoms with Gasteiger partial charge in [-0.25, -0.2) is 0 Å². The molecule has 0 amide bonds. The first-order valence-electron chi connectivity index (χ1n) is 6.89. The predicted octanol–water partition coefficient (Wildman–Crippen LogP) is 3.35. The van der Waals surface area contributed by atoms with Gasteiger partial charge in [-0.2, -0.15) is 0 Å². The molecule has 2 heteroatoms. The van der Waals surface area contributed by atoms with Crippen LogP contribution < -0.4 is 11.1 Å². The number of nitrogens with two attached hydrogens (primary N) is 1. The fraction of sp³-hybridized carbons (Fsp3) is 0.294. The lowest BCUT2D eigenvalue weighted by atomic mass is 10.1. The zero-order chi connectivity index (χ0) is 13.2. The van der Waals surface area contributed by atoms with Gasteiger partial charge in [-0.05, 0) is 48.6 Å². The number of fused-ring (bicyclic) bond motifs is 1. The topological polar surface area (TPSA) is 38.0 Å². The van der Waals surface area contributed by atoms with Gasteiger partial charge >= 0.3 is 0 Å². The fourth-order valence-electron chi connectivity index (χ4n) is 2.80. The molecule has 2 aromatic carbocycles. The summed E-state index contributed by atoms with van der Waals surface area (Å²) < 4.78 is 0. The normalized spacial score (nSPS) is 17.4. The Morgan fingerprint density at radius 3 is 2.74 bits per heavy atom. The minimum absolute atomic E-state index is 0.469. The Labute approximate surface area is 114 Å². The molecule has 0 saturated carbocycles. The molecule has 0 saturated heterocycles. The number of nitrogens with one attached hydrogen (secondary N) is 1. The second kappa shape index (κ2) is 5.06. The van der Waals surface area contributed by atoms with E-state index in [1.807, 2.05) is 6.07 Å². The minimum atomic E-state index is 0.469. The van der Waals surface area contributed by atoms with E-state index in [9.17, 15) is 0 Å². The molecular formula is C17H20N2. The average molecular weight is 252 g/mol. The Bertz CT molecular complexity index is 572. The third-order valence-electron chi connectivity index (χ3n) is 3.92. The zero-order valence-electron chi connectivity index (χ0n) is 11.3. The number of benzene rings is 2. The highest BCUT2D eigenvalue weighted by Gasteiger charge is 2.21. The smallest absolute Gasteiger partial charge is 0.0329 e. The van der Waals surface area contributed by atoms with Crippen LogP contribution in [-0.2, 0) is 13.0 Å². The largest absolute Gasteiger partial charge is 0.399 e. The first kappa shape index (κ1) is 12.2. The van der Waals surface area contributed by atoms with Crippen molar-refractivity contribution in [1.82, 2.24) is 5.32 Å². The van der Waals surface area contributed by atoms with Gasteiger partial charge in [0.15, 0.2) is 0 Å². The van der Waals surface area contributed by atoms with E-state index in [0.717, 1.165) is 18.7 Å². The van der Waals surface area contributed by atoms with Crippen LogP contribution in [0, 0.1) is 6.92 Å². The van der Waals surface area contributed by atoms with Crippen LogP contribution in [0.15, 0.2) is 42.5 Å². The lowest BCUT2D eigenvalue weighted by Gasteiger charge is -2.14. The van der Waals surface area contributed by atoms with Gasteiger partial charge in [-0.1, -0.05) is 35.9 Å². The first-order chi connectivity index (χ1) is 9.22.